The van der Waals surface area contributed by atoms with Crippen LogP contribution >= 0.6 is 0 Å². The van der Waals surface area contributed by atoms with Crippen LogP contribution in [0.3, 0.4) is 0 Å². The van der Waals surface area contributed by atoms with E-state index in [1.165, 1.54) is 19.1 Å². The van der Waals surface area contributed by atoms with Crippen molar-refractivity contribution in [2.45, 2.75) is 108 Å². The molecular formula is C49H65N7O7. The summed E-state index contributed by atoms with van der Waals surface area (Å²) in [5.41, 5.74) is 2.52. The van der Waals surface area contributed by atoms with Crippen molar-refractivity contribution in [3.05, 3.63) is 126 Å². The van der Waals surface area contributed by atoms with Crippen LogP contribution in [0.1, 0.15) is 82.7 Å². The molecule has 4 aromatic rings. The third-order valence-electron chi connectivity index (χ3n) is 12.2. The zero-order chi connectivity index (χ0) is 45.1. The highest BCUT2D eigenvalue weighted by molar-refractivity contribution is 5.90. The number of nitrogens with zero attached hydrogens (tertiary/aromatic N) is 3. The Labute approximate surface area is 371 Å². The number of benzene rings is 3. The SMILES string of the molecule is CON(C)C(=O)[C@H](Cc1cn(C(c2ccccc2)(c2ccccc2)c2ccccc2)cn1)NC[C@H]1OC[C@H]2CCCC[C@@H]2[C@H]1NC(=O)CNC(=O)[C@@H](NC(C)=O)[C@@H](C)OC(C)(C)C. The lowest BCUT2D eigenvalue weighted by atomic mass is 9.72. The van der Waals surface area contributed by atoms with Gasteiger partial charge in [0.1, 0.15) is 11.6 Å². The minimum atomic E-state index is -0.996. The molecule has 63 heavy (non-hydrogen) atoms. The molecule has 14 heteroatoms. The van der Waals surface area contributed by atoms with Gasteiger partial charge in [-0.25, -0.2) is 10.0 Å². The molecule has 4 N–H and O–H groups in total. The fourth-order valence-corrected chi connectivity index (χ4v) is 9.35. The van der Waals surface area contributed by atoms with Gasteiger partial charge in [-0.15, -0.1) is 0 Å². The molecule has 0 unspecified atom stereocenters. The maximum Gasteiger partial charge on any atom is 0.263 e. The summed E-state index contributed by atoms with van der Waals surface area (Å²) in [6, 6.07) is 28.8. The minimum absolute atomic E-state index is 0.153. The molecule has 14 nitrogen and oxygen atoms in total. The quantitative estimate of drug-likeness (QED) is 0.0816. The van der Waals surface area contributed by atoms with Gasteiger partial charge in [0.25, 0.3) is 5.91 Å². The maximum atomic E-state index is 14.0. The Kier molecular flexibility index (Phi) is 15.9. The van der Waals surface area contributed by atoms with Crippen molar-refractivity contribution < 1.29 is 33.5 Å². The second kappa shape index (κ2) is 21.3. The van der Waals surface area contributed by atoms with Crippen molar-refractivity contribution in [2.24, 2.45) is 11.8 Å². The first-order valence-corrected chi connectivity index (χ1v) is 22.1. The Morgan fingerprint density at radius 1 is 0.905 bits per heavy atom. The Morgan fingerprint density at radius 2 is 1.49 bits per heavy atom. The smallest absolute Gasteiger partial charge is 0.263 e. The Balaban J connectivity index is 1.22. The lowest BCUT2D eigenvalue weighted by Crippen LogP contribution is -2.61. The molecule has 0 bridgehead atoms. The van der Waals surface area contributed by atoms with E-state index in [-0.39, 0.29) is 55.1 Å². The van der Waals surface area contributed by atoms with Crippen molar-refractivity contribution >= 4 is 23.6 Å². The first kappa shape index (κ1) is 47.1. The molecule has 1 saturated carbocycles. The molecule has 1 aliphatic carbocycles. The molecule has 2 heterocycles. The van der Waals surface area contributed by atoms with E-state index >= 15 is 0 Å². The molecule has 1 aliphatic heterocycles. The standard InChI is InChI=1S/C49H65N7O7/c1-33(63-48(3,4)5)44(53-34(2)57)46(59)51-29-43(58)54-45-40-26-18-17-19-35(40)31-62-42(45)28-50-41(47(60)55(6)61-7)27-39-30-56(32-52-39)49(36-20-11-8-12-21-36,37-22-13-9-14-23-37)38-24-15-10-16-25-38/h8-16,20-25,30,32-33,35,40-42,44-45,50H,17-19,26-29,31H2,1-7H3,(H,51,59)(H,53,57)(H,54,58)/t33-,35-,40+,41+,42-,44+,45-/m1/s1. The molecule has 1 aromatic heterocycles. The first-order chi connectivity index (χ1) is 30.2. The number of amides is 4. The predicted octanol–water partition coefficient (Wildman–Crippen LogP) is 4.76. The molecule has 1 saturated heterocycles. The fourth-order valence-electron chi connectivity index (χ4n) is 9.35. The molecule has 0 spiro atoms. The van der Waals surface area contributed by atoms with E-state index in [2.05, 4.69) is 62.2 Å². The molecule has 3 aromatic carbocycles. The third kappa shape index (κ3) is 11.6. The van der Waals surface area contributed by atoms with Gasteiger partial charge in [0.2, 0.25) is 17.7 Å². The number of fused-ring (bicyclic) bond motifs is 1. The number of hydroxylamine groups is 2. The van der Waals surface area contributed by atoms with Gasteiger partial charge in [0.05, 0.1) is 62.2 Å². The highest BCUT2D eigenvalue weighted by Crippen LogP contribution is 2.41. The highest BCUT2D eigenvalue weighted by atomic mass is 16.7. The van der Waals surface area contributed by atoms with E-state index in [4.69, 9.17) is 19.3 Å². The summed E-state index contributed by atoms with van der Waals surface area (Å²) < 4.78 is 14.6. The second-order valence-electron chi connectivity index (χ2n) is 17.8. The van der Waals surface area contributed by atoms with Crippen LogP contribution < -0.4 is 21.3 Å². The molecule has 2 aliphatic rings. The first-order valence-electron chi connectivity index (χ1n) is 22.1. The van der Waals surface area contributed by atoms with E-state index in [9.17, 15) is 19.2 Å². The predicted molar refractivity (Wildman–Crippen MR) is 240 cm³/mol. The summed E-state index contributed by atoms with van der Waals surface area (Å²) in [6.45, 7) is 9.15. The minimum Gasteiger partial charge on any atom is -0.374 e. The average Bonchev–Trinajstić information content (AvgIpc) is 3.75. The number of hydrogen-bond acceptors (Lipinski definition) is 9. The van der Waals surface area contributed by atoms with Crippen LogP contribution in [0.4, 0.5) is 0 Å². The number of nitrogens with one attached hydrogen (secondary N) is 4. The van der Waals surface area contributed by atoms with Crippen LogP contribution in [0.25, 0.3) is 0 Å². The summed E-state index contributed by atoms with van der Waals surface area (Å²) in [4.78, 5) is 63.4. The number of imidazole rings is 1. The molecule has 2 fully saturated rings. The van der Waals surface area contributed by atoms with E-state index < -0.39 is 41.3 Å². The van der Waals surface area contributed by atoms with Crippen molar-refractivity contribution in [3.63, 3.8) is 0 Å². The van der Waals surface area contributed by atoms with E-state index in [1.54, 1.807) is 14.0 Å². The lowest BCUT2D eigenvalue weighted by Gasteiger charge is -2.46. The van der Waals surface area contributed by atoms with Crippen LogP contribution in [0.5, 0.6) is 0 Å². The largest absolute Gasteiger partial charge is 0.374 e. The van der Waals surface area contributed by atoms with Crippen molar-refractivity contribution in [3.8, 4) is 0 Å². The number of rotatable bonds is 18. The molecular weight excluding hydrogens is 799 g/mol. The Hall–Kier alpha value is -5.41. The molecule has 338 valence electrons. The Morgan fingerprint density at radius 3 is 2.05 bits per heavy atom. The van der Waals surface area contributed by atoms with E-state index in [1.807, 2.05) is 87.9 Å². The van der Waals surface area contributed by atoms with Crippen LogP contribution in [0, 0.1) is 11.8 Å². The van der Waals surface area contributed by atoms with Gasteiger partial charge in [0.15, 0.2) is 0 Å². The zero-order valence-corrected chi connectivity index (χ0v) is 37.7. The van der Waals surface area contributed by atoms with Gasteiger partial charge in [-0.1, -0.05) is 104 Å². The van der Waals surface area contributed by atoms with Gasteiger partial charge in [0, 0.05) is 33.1 Å². The zero-order valence-electron chi connectivity index (χ0n) is 37.7. The van der Waals surface area contributed by atoms with Crippen LogP contribution in [-0.4, -0.2) is 108 Å². The van der Waals surface area contributed by atoms with E-state index in [0.717, 1.165) is 42.4 Å². The van der Waals surface area contributed by atoms with Crippen molar-refractivity contribution in [1.82, 2.24) is 35.9 Å². The van der Waals surface area contributed by atoms with Gasteiger partial charge in [-0.2, -0.15) is 0 Å². The van der Waals surface area contributed by atoms with Crippen molar-refractivity contribution in [1.29, 1.82) is 0 Å². The number of aromatic nitrogens is 2. The topological polar surface area (TPSA) is 165 Å². The fraction of sp³-hybridized carbons (Fsp3) is 0.490. The van der Waals surface area contributed by atoms with Gasteiger partial charge in [-0.3, -0.25) is 24.0 Å². The number of hydrogen-bond donors (Lipinski definition) is 4. The summed E-state index contributed by atoms with van der Waals surface area (Å²) in [7, 11) is 3.03. The van der Waals surface area contributed by atoms with Crippen LogP contribution in [-0.2, 0) is 45.4 Å². The molecule has 4 amide bonds. The van der Waals surface area contributed by atoms with Crippen LogP contribution in [0.15, 0.2) is 104 Å². The number of carbonyl (C=O) groups excluding carboxylic acids is 4. The number of likely N-dealkylation sites (N-methyl/N-ethyl adjacent to an activating group) is 1. The monoisotopic (exact) mass is 863 g/mol. The average molecular weight is 864 g/mol. The van der Waals surface area contributed by atoms with Gasteiger partial charge >= 0.3 is 0 Å². The lowest BCUT2D eigenvalue weighted by molar-refractivity contribution is -0.171. The maximum absolute atomic E-state index is 14.0. The van der Waals surface area contributed by atoms with Crippen LogP contribution in [0.2, 0.25) is 0 Å². The summed E-state index contributed by atoms with van der Waals surface area (Å²) >= 11 is 0. The second-order valence-corrected chi connectivity index (χ2v) is 17.8. The molecule has 0 radical (unpaired) electrons. The normalized spacial score (nSPS) is 20.4. The number of carbonyl (C=O) groups is 4. The summed E-state index contributed by atoms with van der Waals surface area (Å²) in [6.07, 6.45) is 7.00. The Bertz CT molecular complexity index is 2010. The van der Waals surface area contributed by atoms with Gasteiger partial charge in [-0.05, 0) is 69.1 Å². The highest BCUT2D eigenvalue weighted by Gasteiger charge is 2.43. The third-order valence-corrected chi connectivity index (χ3v) is 12.2. The molecule has 7 atom stereocenters. The van der Waals surface area contributed by atoms with Gasteiger partial charge < -0.3 is 35.3 Å². The van der Waals surface area contributed by atoms with Crippen molar-refractivity contribution in [2.75, 3.05) is 33.9 Å². The van der Waals surface area contributed by atoms with E-state index in [0.29, 0.717) is 12.3 Å². The summed E-state index contributed by atoms with van der Waals surface area (Å²) in [5.74, 6) is -1.15. The molecule has 6 rings (SSSR count). The number of ether oxygens (including phenoxy) is 2. The summed E-state index contributed by atoms with van der Waals surface area (Å²) in [5, 5.41) is 13.3.